The normalized spacial score (nSPS) is 25.1. The number of nitrogens with zero attached hydrogens (tertiary/aromatic N) is 6. The van der Waals surface area contributed by atoms with E-state index in [1.807, 2.05) is 43.9 Å². The minimum Gasteiger partial charge on any atom is -0.507 e. The Morgan fingerprint density at radius 1 is 0.936 bits per heavy atom. The van der Waals surface area contributed by atoms with Crippen LogP contribution >= 0.6 is 0 Å². The van der Waals surface area contributed by atoms with Gasteiger partial charge in [0.1, 0.15) is 11.4 Å². The minimum atomic E-state index is -0.432. The highest BCUT2D eigenvalue weighted by atomic mass is 16.6. The number of benzene rings is 1. The topological polar surface area (TPSA) is 101 Å². The lowest BCUT2D eigenvalue weighted by atomic mass is 9.59. The Labute approximate surface area is 278 Å². The van der Waals surface area contributed by atoms with E-state index in [0.29, 0.717) is 29.2 Å². The minimum absolute atomic E-state index is 0.159. The second-order valence-electron chi connectivity index (χ2n) is 16.1. The van der Waals surface area contributed by atoms with Crippen molar-refractivity contribution in [2.24, 2.45) is 5.41 Å². The molecule has 8 rings (SSSR count). The van der Waals surface area contributed by atoms with Crippen molar-refractivity contribution in [1.29, 1.82) is 0 Å². The summed E-state index contributed by atoms with van der Waals surface area (Å²) in [5.41, 5.74) is 5.02. The molecular weight excluding hydrogens is 590 g/mol. The van der Waals surface area contributed by atoms with Crippen LogP contribution in [0.3, 0.4) is 0 Å². The number of hydrogen-bond acceptors (Lipinski definition) is 8. The molecule has 1 aromatic carbocycles. The van der Waals surface area contributed by atoms with Gasteiger partial charge in [0.05, 0.1) is 5.69 Å². The van der Waals surface area contributed by atoms with E-state index in [-0.39, 0.29) is 11.8 Å². The van der Waals surface area contributed by atoms with Crippen molar-refractivity contribution in [3.8, 4) is 17.0 Å². The Morgan fingerprint density at radius 2 is 1.64 bits per heavy atom. The fraction of sp³-hybridized carbons (Fsp3) is 0.649. The van der Waals surface area contributed by atoms with Gasteiger partial charge in [0, 0.05) is 80.0 Å². The van der Waals surface area contributed by atoms with E-state index in [1.54, 1.807) is 6.07 Å². The van der Waals surface area contributed by atoms with Gasteiger partial charge in [-0.05, 0) is 108 Å². The summed E-state index contributed by atoms with van der Waals surface area (Å²) in [5.74, 6) is 0.233. The zero-order valence-corrected chi connectivity index (χ0v) is 28.5. The van der Waals surface area contributed by atoms with E-state index in [9.17, 15) is 9.90 Å². The molecule has 4 fully saturated rings. The summed E-state index contributed by atoms with van der Waals surface area (Å²) in [6, 6.07) is 11.8. The molecule has 252 valence electrons. The Kier molecular flexibility index (Phi) is 7.76. The third kappa shape index (κ3) is 5.80. The molecule has 47 heavy (non-hydrogen) atoms. The number of likely N-dealkylation sites (tertiary alicyclic amines) is 3. The highest BCUT2D eigenvalue weighted by molar-refractivity contribution is 5.86. The van der Waals surface area contributed by atoms with Crippen LogP contribution in [0.5, 0.6) is 5.75 Å². The zero-order valence-electron chi connectivity index (χ0n) is 28.5. The summed E-state index contributed by atoms with van der Waals surface area (Å²) in [7, 11) is 0. The van der Waals surface area contributed by atoms with Gasteiger partial charge in [-0.15, -0.1) is 10.2 Å². The van der Waals surface area contributed by atoms with Gasteiger partial charge in [0.25, 0.3) is 0 Å². The third-order valence-electron chi connectivity index (χ3n) is 11.9. The van der Waals surface area contributed by atoms with E-state index >= 15 is 0 Å². The van der Waals surface area contributed by atoms with Gasteiger partial charge in [-0.25, -0.2) is 4.79 Å². The number of ether oxygens (including phenoxy) is 1. The van der Waals surface area contributed by atoms with Crippen molar-refractivity contribution < 1.29 is 14.6 Å². The molecule has 10 heteroatoms. The highest BCUT2D eigenvalue weighted by Crippen LogP contribution is 2.52. The first-order valence-electron chi connectivity index (χ1n) is 17.9. The number of piperidine rings is 2. The first-order chi connectivity index (χ1) is 22.6. The van der Waals surface area contributed by atoms with Crippen LogP contribution in [0.2, 0.25) is 0 Å². The summed E-state index contributed by atoms with van der Waals surface area (Å²) < 4.78 is 5.59. The summed E-state index contributed by atoms with van der Waals surface area (Å²) in [5, 5.41) is 20.5. The van der Waals surface area contributed by atoms with E-state index in [1.165, 1.54) is 63.1 Å². The van der Waals surface area contributed by atoms with Gasteiger partial charge >= 0.3 is 6.09 Å². The number of carbonyl (C=O) groups excluding carboxylic acids is 1. The Morgan fingerprint density at radius 3 is 2.34 bits per heavy atom. The number of amides is 1. The molecule has 5 aliphatic rings. The fourth-order valence-corrected chi connectivity index (χ4v) is 9.51. The lowest BCUT2D eigenvalue weighted by Gasteiger charge is -2.63. The maximum atomic E-state index is 12.5. The number of H-pyrrole nitrogens is 1. The van der Waals surface area contributed by atoms with Crippen LogP contribution in [0.4, 0.5) is 4.79 Å². The molecule has 1 saturated carbocycles. The number of phenolic OH excluding ortho intramolecular Hbond substituents is 1. The quantitative estimate of drug-likeness (QED) is 0.381. The van der Waals surface area contributed by atoms with Gasteiger partial charge < -0.3 is 24.6 Å². The Hall–Kier alpha value is -3.21. The molecule has 6 heterocycles. The average Bonchev–Trinajstić information content (AvgIpc) is 3.39. The van der Waals surface area contributed by atoms with Crippen LogP contribution in [0.1, 0.15) is 83.5 Å². The molecule has 2 aromatic heterocycles. The molecule has 1 amide bonds. The number of para-hydroxylation sites is 1. The SMILES string of the molecule is C[C@@H]1c2c([nH]c3nnc(-c4ccccc4O)cc23)CCN1C1CCN(C2CC3(C2)CN(C2CCN(C(=O)OC(C)(C)C)CC2)C3)CC1. The molecule has 4 aliphatic heterocycles. The fourth-order valence-electron chi connectivity index (χ4n) is 9.51. The number of nitrogens with one attached hydrogen (secondary N) is 1. The summed E-state index contributed by atoms with van der Waals surface area (Å²) in [6.07, 6.45) is 8.14. The van der Waals surface area contributed by atoms with Crippen LogP contribution in [-0.4, -0.2) is 116 Å². The maximum absolute atomic E-state index is 12.5. The number of hydrogen-bond donors (Lipinski definition) is 2. The zero-order chi connectivity index (χ0) is 32.5. The smallest absolute Gasteiger partial charge is 0.410 e. The molecule has 0 radical (unpaired) electrons. The third-order valence-corrected chi connectivity index (χ3v) is 11.9. The van der Waals surface area contributed by atoms with Crippen LogP contribution in [0.15, 0.2) is 30.3 Å². The van der Waals surface area contributed by atoms with Crippen molar-refractivity contribution in [2.75, 3.05) is 45.8 Å². The van der Waals surface area contributed by atoms with Crippen molar-refractivity contribution in [3.63, 3.8) is 0 Å². The molecule has 2 N–H and O–H groups in total. The molecule has 1 atom stereocenters. The molecule has 3 aromatic rings. The van der Waals surface area contributed by atoms with Crippen LogP contribution in [-0.2, 0) is 11.2 Å². The standard InChI is InChI=1S/C37H51N7O3/c1-24-33-29-19-31(28-7-5-6-8-32(28)45)39-40-34(29)38-30(33)13-18-44(24)26-11-14-41(15-12-26)27-20-37(21-27)22-43(23-37)25-9-16-42(17-10-25)35(46)47-36(2,3)4/h5-8,19,24-27,45H,9-18,20-23H2,1-4H3,(H,38,40)/t24-/m1/s1. The second-order valence-corrected chi connectivity index (χ2v) is 16.1. The van der Waals surface area contributed by atoms with Crippen molar-refractivity contribution in [3.05, 3.63) is 41.6 Å². The predicted octanol–water partition coefficient (Wildman–Crippen LogP) is 5.58. The van der Waals surface area contributed by atoms with Crippen molar-refractivity contribution in [2.45, 2.75) is 102 Å². The molecule has 0 bridgehead atoms. The van der Waals surface area contributed by atoms with E-state index in [0.717, 1.165) is 61.5 Å². The molecule has 10 nitrogen and oxygen atoms in total. The van der Waals surface area contributed by atoms with Gasteiger partial charge in [-0.1, -0.05) is 12.1 Å². The van der Waals surface area contributed by atoms with Gasteiger partial charge in [0.15, 0.2) is 5.65 Å². The van der Waals surface area contributed by atoms with Crippen molar-refractivity contribution >= 4 is 17.1 Å². The number of aromatic hydroxyl groups is 1. The summed E-state index contributed by atoms with van der Waals surface area (Å²) in [6.45, 7) is 15.7. The van der Waals surface area contributed by atoms with Crippen LogP contribution < -0.4 is 0 Å². The molecular formula is C37H51N7O3. The van der Waals surface area contributed by atoms with Gasteiger partial charge in [-0.3, -0.25) is 9.80 Å². The summed E-state index contributed by atoms with van der Waals surface area (Å²) >= 11 is 0. The average molecular weight is 642 g/mol. The molecule has 1 aliphatic carbocycles. The monoisotopic (exact) mass is 641 g/mol. The number of aromatic nitrogens is 3. The van der Waals surface area contributed by atoms with Crippen LogP contribution in [0.25, 0.3) is 22.3 Å². The van der Waals surface area contributed by atoms with Gasteiger partial charge in [-0.2, -0.15) is 0 Å². The van der Waals surface area contributed by atoms with Crippen LogP contribution in [0, 0.1) is 5.41 Å². The van der Waals surface area contributed by atoms with E-state index in [4.69, 9.17) is 4.74 Å². The maximum Gasteiger partial charge on any atom is 0.410 e. The number of fused-ring (bicyclic) bond motifs is 3. The first kappa shape index (κ1) is 31.1. The molecule has 3 saturated heterocycles. The Bertz CT molecular complexity index is 1620. The van der Waals surface area contributed by atoms with E-state index < -0.39 is 5.60 Å². The highest BCUT2D eigenvalue weighted by Gasteiger charge is 2.55. The lowest BCUT2D eigenvalue weighted by Crippen LogP contribution is -2.69. The lowest BCUT2D eigenvalue weighted by molar-refractivity contribution is -0.135. The molecule has 0 unspecified atom stereocenters. The molecule has 1 spiro atoms. The number of carbonyl (C=O) groups is 1. The number of aromatic amines is 1. The largest absolute Gasteiger partial charge is 0.507 e. The van der Waals surface area contributed by atoms with E-state index in [2.05, 4.69) is 42.9 Å². The second kappa shape index (κ2) is 11.7. The Balaban J connectivity index is 0.823. The van der Waals surface area contributed by atoms with Crippen molar-refractivity contribution in [1.82, 2.24) is 34.8 Å². The first-order valence-corrected chi connectivity index (χ1v) is 17.9. The number of phenols is 1. The summed E-state index contributed by atoms with van der Waals surface area (Å²) in [4.78, 5) is 26.2. The number of rotatable bonds is 4. The predicted molar refractivity (Wildman–Crippen MR) is 182 cm³/mol. The van der Waals surface area contributed by atoms with Gasteiger partial charge in [0.2, 0.25) is 0 Å².